The van der Waals surface area contributed by atoms with Gasteiger partial charge in [0, 0.05) is 10.0 Å². The molecule has 1 N–H and O–H groups in total. The van der Waals surface area contributed by atoms with Crippen molar-refractivity contribution < 1.29 is 10.0 Å². The highest BCUT2D eigenvalue weighted by molar-refractivity contribution is 9.11. The van der Waals surface area contributed by atoms with Crippen LogP contribution >= 0.6 is 31.9 Å². The lowest BCUT2D eigenvalue weighted by Crippen LogP contribution is -2.22. The van der Waals surface area contributed by atoms with Crippen LogP contribution in [0.5, 0.6) is 5.75 Å². The average Bonchev–Trinajstić information content (AvgIpc) is 2.67. The third-order valence-electron chi connectivity index (χ3n) is 2.85. The fourth-order valence-electron chi connectivity index (χ4n) is 2.09. The molecule has 92 valence electrons. The second kappa shape index (κ2) is 4.66. The number of hydroxylamine groups is 2. The molecule has 1 aliphatic heterocycles. The Kier molecular flexibility index (Phi) is 3.15. The van der Waals surface area contributed by atoms with Crippen LogP contribution in [0, 0.1) is 0 Å². The third kappa shape index (κ3) is 1.97. The maximum absolute atomic E-state index is 9.95. The molecule has 3 rings (SSSR count). The quantitative estimate of drug-likeness (QED) is 0.812. The highest BCUT2D eigenvalue weighted by atomic mass is 79.9. The Morgan fingerprint density at radius 3 is 2.56 bits per heavy atom. The number of halogens is 2. The van der Waals surface area contributed by atoms with Gasteiger partial charge in [-0.25, -0.2) is 0 Å². The minimum atomic E-state index is -0.310. The van der Waals surface area contributed by atoms with Crippen molar-refractivity contribution in [3.63, 3.8) is 0 Å². The van der Waals surface area contributed by atoms with Gasteiger partial charge in [0.15, 0.2) is 5.75 Å². The summed E-state index contributed by atoms with van der Waals surface area (Å²) in [7, 11) is 0. The van der Waals surface area contributed by atoms with Crippen molar-refractivity contribution in [2.24, 2.45) is 0 Å². The number of nitrogens with zero attached hydrogens (tertiary/aromatic N) is 1. The summed E-state index contributed by atoms with van der Waals surface area (Å²) in [6, 6.07) is 13.3. The van der Waals surface area contributed by atoms with Gasteiger partial charge in [-0.2, -0.15) is 0 Å². The summed E-state index contributed by atoms with van der Waals surface area (Å²) in [6.45, 7) is 0. The lowest BCUT2D eigenvalue weighted by Gasteiger charge is -2.15. The van der Waals surface area contributed by atoms with Gasteiger partial charge in [-0.3, -0.25) is 5.21 Å². The maximum atomic E-state index is 9.95. The topological polar surface area (TPSA) is 32.7 Å². The molecule has 18 heavy (non-hydrogen) atoms. The molecule has 1 atom stereocenters. The lowest BCUT2D eigenvalue weighted by molar-refractivity contribution is -0.287. The van der Waals surface area contributed by atoms with E-state index in [9.17, 15) is 5.21 Å². The van der Waals surface area contributed by atoms with Gasteiger partial charge < -0.3 is 4.84 Å². The smallest absolute Gasteiger partial charge is 0.170 e. The van der Waals surface area contributed by atoms with Crippen LogP contribution in [-0.4, -0.2) is 10.4 Å². The van der Waals surface area contributed by atoms with Crippen molar-refractivity contribution in [2.75, 3.05) is 0 Å². The predicted molar refractivity (Wildman–Crippen MR) is 74.4 cm³/mol. The van der Waals surface area contributed by atoms with Crippen molar-refractivity contribution in [3.8, 4) is 5.75 Å². The monoisotopic (exact) mass is 369 g/mol. The molecule has 0 radical (unpaired) electrons. The lowest BCUT2D eigenvalue weighted by atomic mass is 9.99. The summed E-state index contributed by atoms with van der Waals surface area (Å²) in [5.41, 5.74) is 1.90. The molecule has 1 unspecified atom stereocenters. The largest absolute Gasteiger partial charge is 0.378 e. The molecule has 2 aromatic rings. The van der Waals surface area contributed by atoms with Gasteiger partial charge in [-0.05, 0) is 38.9 Å². The second-order valence-electron chi connectivity index (χ2n) is 4.01. The zero-order chi connectivity index (χ0) is 12.7. The number of hydrogen-bond acceptors (Lipinski definition) is 3. The van der Waals surface area contributed by atoms with Crippen LogP contribution in [0.1, 0.15) is 17.2 Å². The van der Waals surface area contributed by atoms with Crippen molar-refractivity contribution >= 4 is 31.9 Å². The molecule has 3 nitrogen and oxygen atoms in total. The van der Waals surface area contributed by atoms with Gasteiger partial charge in [0.05, 0.1) is 4.47 Å². The van der Waals surface area contributed by atoms with Crippen LogP contribution in [0.15, 0.2) is 51.4 Å². The van der Waals surface area contributed by atoms with E-state index in [1.165, 1.54) is 0 Å². The van der Waals surface area contributed by atoms with Crippen LogP contribution in [0.3, 0.4) is 0 Å². The number of rotatable bonds is 1. The second-order valence-corrected chi connectivity index (χ2v) is 5.78. The zero-order valence-electron chi connectivity index (χ0n) is 9.18. The first-order valence-corrected chi connectivity index (χ1v) is 6.95. The predicted octanol–water partition coefficient (Wildman–Crippen LogP) is 4.30. The molecule has 0 aromatic heterocycles. The van der Waals surface area contributed by atoms with Crippen molar-refractivity contribution in [3.05, 3.63) is 62.5 Å². The molecular formula is C13H9Br2NO2. The van der Waals surface area contributed by atoms with E-state index in [0.29, 0.717) is 5.75 Å². The first-order valence-electron chi connectivity index (χ1n) is 5.37. The third-order valence-corrected chi connectivity index (χ3v) is 3.90. The van der Waals surface area contributed by atoms with E-state index < -0.39 is 0 Å². The molecule has 0 amide bonds. The summed E-state index contributed by atoms with van der Waals surface area (Å²) in [5.74, 6) is 0.648. The first kappa shape index (κ1) is 12.2. The van der Waals surface area contributed by atoms with E-state index in [1.54, 1.807) is 0 Å². The van der Waals surface area contributed by atoms with E-state index in [1.807, 2.05) is 42.5 Å². The Morgan fingerprint density at radius 2 is 1.83 bits per heavy atom. The summed E-state index contributed by atoms with van der Waals surface area (Å²) in [6.07, 6.45) is 0. The molecule has 2 aromatic carbocycles. The normalized spacial score (nSPS) is 18.5. The summed E-state index contributed by atoms with van der Waals surface area (Å²) < 4.78 is 1.75. The number of hydrogen-bond donors (Lipinski definition) is 1. The van der Waals surface area contributed by atoms with E-state index in [4.69, 9.17) is 4.84 Å². The number of benzene rings is 2. The van der Waals surface area contributed by atoms with Crippen LogP contribution in [0.4, 0.5) is 0 Å². The van der Waals surface area contributed by atoms with Gasteiger partial charge in [0.25, 0.3) is 0 Å². The van der Waals surface area contributed by atoms with Crippen LogP contribution in [0.2, 0.25) is 0 Å². The summed E-state index contributed by atoms with van der Waals surface area (Å²) in [4.78, 5) is 5.38. The van der Waals surface area contributed by atoms with E-state index in [0.717, 1.165) is 25.3 Å². The fraction of sp³-hybridized carbons (Fsp3) is 0.0769. The highest BCUT2D eigenvalue weighted by Crippen LogP contribution is 2.45. The van der Waals surface area contributed by atoms with E-state index >= 15 is 0 Å². The van der Waals surface area contributed by atoms with Crippen LogP contribution < -0.4 is 4.84 Å². The number of fused-ring (bicyclic) bond motifs is 1. The molecule has 0 aliphatic carbocycles. The van der Waals surface area contributed by atoms with Crippen molar-refractivity contribution in [1.82, 2.24) is 5.23 Å². The molecule has 0 saturated heterocycles. The average molecular weight is 371 g/mol. The Hall–Kier alpha value is -0.880. The first-order chi connectivity index (χ1) is 8.66. The summed E-state index contributed by atoms with van der Waals surface area (Å²) in [5, 5.41) is 10.8. The van der Waals surface area contributed by atoms with E-state index in [2.05, 4.69) is 31.9 Å². The molecular weight excluding hydrogens is 362 g/mol. The van der Waals surface area contributed by atoms with Gasteiger partial charge in [-0.1, -0.05) is 46.3 Å². The molecule has 0 spiro atoms. The van der Waals surface area contributed by atoms with Crippen LogP contribution in [-0.2, 0) is 0 Å². The Morgan fingerprint density at radius 1 is 1.11 bits per heavy atom. The van der Waals surface area contributed by atoms with Crippen molar-refractivity contribution in [1.29, 1.82) is 0 Å². The molecule has 0 fully saturated rings. The van der Waals surface area contributed by atoms with Crippen LogP contribution in [0.25, 0.3) is 0 Å². The van der Waals surface area contributed by atoms with Gasteiger partial charge in [-0.15, -0.1) is 0 Å². The Labute approximate surface area is 121 Å². The zero-order valence-corrected chi connectivity index (χ0v) is 12.3. The van der Waals surface area contributed by atoms with Gasteiger partial charge >= 0.3 is 0 Å². The van der Waals surface area contributed by atoms with E-state index in [-0.39, 0.29) is 6.04 Å². The minimum absolute atomic E-state index is 0.310. The fourth-order valence-corrected chi connectivity index (χ4v) is 3.42. The Balaban J connectivity index is 2.15. The molecule has 5 heteroatoms. The Bertz CT molecular complexity index is 589. The van der Waals surface area contributed by atoms with Gasteiger partial charge in [0.1, 0.15) is 6.04 Å². The van der Waals surface area contributed by atoms with Crippen molar-refractivity contribution in [2.45, 2.75) is 6.04 Å². The summed E-state index contributed by atoms with van der Waals surface area (Å²) >= 11 is 6.88. The highest BCUT2D eigenvalue weighted by Gasteiger charge is 2.34. The maximum Gasteiger partial charge on any atom is 0.170 e. The van der Waals surface area contributed by atoms with Gasteiger partial charge in [0.2, 0.25) is 0 Å². The molecule has 0 bridgehead atoms. The standard InChI is InChI=1S/C13H9Br2NO2/c14-9-6-10-12(8-4-2-1-3-5-8)16(17)18-13(10)11(15)7-9/h1-7,12,17H. The SMILES string of the molecule is ON1Oc2c(Br)cc(Br)cc2C1c1ccccc1. The molecule has 1 aliphatic rings. The minimum Gasteiger partial charge on any atom is -0.378 e. The molecule has 0 saturated carbocycles. The molecule has 1 heterocycles.